The number of fused-ring (bicyclic) bond motifs is 1. The highest BCUT2D eigenvalue weighted by atomic mass is 32.2. The summed E-state index contributed by atoms with van der Waals surface area (Å²) in [6.07, 6.45) is 1.35. The van der Waals surface area contributed by atoms with Crippen molar-refractivity contribution in [2.75, 3.05) is 12.4 Å². The van der Waals surface area contributed by atoms with Crippen LogP contribution < -0.4 is 5.32 Å². The van der Waals surface area contributed by atoms with Crippen LogP contribution in [0.3, 0.4) is 0 Å². The van der Waals surface area contributed by atoms with Crippen molar-refractivity contribution in [2.24, 2.45) is 0 Å². The molecule has 3 aromatic carbocycles. The number of hydrogen-bond acceptors (Lipinski definition) is 4. The summed E-state index contributed by atoms with van der Waals surface area (Å²) >= 11 is -1.52. The number of ether oxygens (including phenoxy) is 1. The number of amides is 1. The number of nitrogens with one attached hydrogen (secondary N) is 1. The van der Waals surface area contributed by atoms with Gasteiger partial charge in [0.15, 0.2) is 4.90 Å². The predicted octanol–water partition coefficient (Wildman–Crippen LogP) is 6.77. The number of anilines is 2. The average Bonchev–Trinajstić information content (AvgIpc) is 3.17. The molecule has 8 heteroatoms. The number of halogens is 1. The van der Waals surface area contributed by atoms with Gasteiger partial charge in [-0.3, -0.25) is 0 Å². The molecule has 0 fully saturated rings. The van der Waals surface area contributed by atoms with E-state index in [1.54, 1.807) is 35.4 Å². The van der Waals surface area contributed by atoms with Crippen molar-refractivity contribution in [3.05, 3.63) is 89.9 Å². The number of carbonyl (C=O) groups excluding carboxylic acids is 1. The highest BCUT2D eigenvalue weighted by Crippen LogP contribution is 2.31. The lowest BCUT2D eigenvalue weighted by Crippen LogP contribution is -2.33. The fraction of sp³-hybridized carbons (Fsp3) is 0.250. The van der Waals surface area contributed by atoms with E-state index in [1.807, 2.05) is 70.2 Å². The van der Waals surface area contributed by atoms with Crippen LogP contribution in [-0.2, 0) is 22.6 Å². The minimum atomic E-state index is -1.52. The largest absolute Gasteiger partial charge is 0.587 e. The summed E-state index contributed by atoms with van der Waals surface area (Å²) in [5, 5.41) is 3.96. The van der Waals surface area contributed by atoms with Gasteiger partial charge in [0.2, 0.25) is 0 Å². The van der Waals surface area contributed by atoms with Gasteiger partial charge in [0.05, 0.1) is 18.4 Å². The molecule has 0 saturated carbocycles. The molecule has 188 valence electrons. The average molecular weight is 508 g/mol. The molecule has 36 heavy (non-hydrogen) atoms. The van der Waals surface area contributed by atoms with Crippen LogP contribution >= 0.6 is 0 Å². The second-order valence-electron chi connectivity index (χ2n) is 9.72. The van der Waals surface area contributed by atoms with Crippen LogP contribution in [-0.4, -0.2) is 32.2 Å². The highest BCUT2D eigenvalue weighted by molar-refractivity contribution is 7.90. The lowest BCUT2D eigenvalue weighted by Gasteiger charge is -2.24. The molecule has 6 nitrogen and oxygen atoms in total. The van der Waals surface area contributed by atoms with Crippen LogP contribution in [0.5, 0.6) is 0 Å². The van der Waals surface area contributed by atoms with Crippen LogP contribution in [0.4, 0.5) is 20.6 Å². The van der Waals surface area contributed by atoms with Gasteiger partial charge in [0, 0.05) is 23.7 Å². The Morgan fingerprint density at radius 2 is 1.83 bits per heavy atom. The van der Waals surface area contributed by atoms with E-state index in [2.05, 4.69) is 5.32 Å². The van der Waals surface area contributed by atoms with Crippen molar-refractivity contribution in [1.82, 2.24) is 8.87 Å². The fourth-order valence-electron chi connectivity index (χ4n) is 3.79. The first kappa shape index (κ1) is 25.6. The molecule has 4 aromatic rings. The topological polar surface area (TPSA) is 69.6 Å². The molecule has 0 aliphatic heterocycles. The predicted molar refractivity (Wildman–Crippen MR) is 142 cm³/mol. The van der Waals surface area contributed by atoms with E-state index >= 15 is 0 Å². The van der Waals surface area contributed by atoms with Crippen molar-refractivity contribution in [3.8, 4) is 0 Å². The molecule has 1 N–H and O–H groups in total. The summed E-state index contributed by atoms with van der Waals surface area (Å²) < 4.78 is 35.2. The normalized spacial score (nSPS) is 12.4. The van der Waals surface area contributed by atoms with E-state index in [9.17, 15) is 13.7 Å². The van der Waals surface area contributed by atoms with E-state index in [-0.39, 0.29) is 12.4 Å². The lowest BCUT2D eigenvalue weighted by molar-refractivity contribution is 0.0286. The molecule has 1 atom stereocenters. The number of aromatic nitrogens is 1. The van der Waals surface area contributed by atoms with Gasteiger partial charge in [0.1, 0.15) is 28.3 Å². The summed E-state index contributed by atoms with van der Waals surface area (Å²) in [4.78, 5) is 14.7. The number of nitrogens with zero attached hydrogens (tertiary/aromatic N) is 2. The number of benzene rings is 3. The molecule has 0 saturated heterocycles. The Hall–Kier alpha value is -3.49. The van der Waals surface area contributed by atoms with Crippen LogP contribution in [0.15, 0.2) is 77.8 Å². The van der Waals surface area contributed by atoms with Gasteiger partial charge in [-0.2, -0.15) is 3.97 Å². The smallest absolute Gasteiger partial charge is 0.410 e. The third-order valence-electron chi connectivity index (χ3n) is 5.49. The molecule has 1 amide bonds. The Bertz CT molecular complexity index is 1380. The van der Waals surface area contributed by atoms with Gasteiger partial charge in [0.25, 0.3) is 0 Å². The van der Waals surface area contributed by atoms with E-state index in [0.29, 0.717) is 21.8 Å². The van der Waals surface area contributed by atoms with Gasteiger partial charge in [-0.1, -0.05) is 30.3 Å². The Balaban J connectivity index is 1.73. The summed E-state index contributed by atoms with van der Waals surface area (Å²) in [6.45, 7) is 7.56. The van der Waals surface area contributed by atoms with Crippen molar-refractivity contribution in [3.63, 3.8) is 0 Å². The van der Waals surface area contributed by atoms with Gasteiger partial charge in [-0.05, 0) is 69.7 Å². The number of aryl methyl sites for hydroxylation is 1. The van der Waals surface area contributed by atoms with Gasteiger partial charge < -0.3 is 19.5 Å². The van der Waals surface area contributed by atoms with Crippen molar-refractivity contribution < 1.29 is 18.5 Å². The van der Waals surface area contributed by atoms with Gasteiger partial charge in [-0.15, -0.1) is 0 Å². The zero-order valence-electron chi connectivity index (χ0n) is 21.0. The Kier molecular flexibility index (Phi) is 7.28. The first-order chi connectivity index (χ1) is 17.0. The molecule has 0 aliphatic carbocycles. The zero-order chi connectivity index (χ0) is 26.0. The maximum Gasteiger partial charge on any atom is 0.410 e. The summed E-state index contributed by atoms with van der Waals surface area (Å²) in [5.41, 5.74) is 2.74. The van der Waals surface area contributed by atoms with Crippen LogP contribution in [0.25, 0.3) is 10.9 Å². The van der Waals surface area contributed by atoms with Crippen molar-refractivity contribution in [2.45, 2.75) is 44.7 Å². The zero-order valence-corrected chi connectivity index (χ0v) is 21.9. The maximum absolute atomic E-state index is 14.5. The molecule has 0 bridgehead atoms. The summed E-state index contributed by atoms with van der Waals surface area (Å²) in [7, 11) is 1.67. The van der Waals surface area contributed by atoms with Crippen LogP contribution in [0.1, 0.15) is 31.9 Å². The number of hydrogen-bond donors (Lipinski definition) is 1. The molecule has 0 aliphatic rings. The molecule has 1 heterocycles. The third-order valence-corrected chi connectivity index (χ3v) is 6.83. The van der Waals surface area contributed by atoms with Crippen molar-refractivity contribution >= 4 is 39.7 Å². The first-order valence-corrected chi connectivity index (χ1v) is 12.7. The minimum absolute atomic E-state index is 0.268. The SMILES string of the molecule is Cc1ccc(Nc2ccc3c(CN(C)C(=O)OC(C)(C)C)cn([S+]([O-])c4ccccc4)c3c2)c(F)c1. The third kappa shape index (κ3) is 5.83. The van der Waals surface area contributed by atoms with Gasteiger partial charge >= 0.3 is 6.09 Å². The molecule has 1 aromatic heterocycles. The van der Waals surface area contributed by atoms with Crippen LogP contribution in [0.2, 0.25) is 0 Å². The molecule has 0 spiro atoms. The summed E-state index contributed by atoms with van der Waals surface area (Å²) in [6, 6.07) is 19.7. The molecular weight excluding hydrogens is 477 g/mol. The first-order valence-electron chi connectivity index (χ1n) is 11.6. The van der Waals surface area contributed by atoms with Crippen LogP contribution in [0, 0.1) is 12.7 Å². The van der Waals surface area contributed by atoms with E-state index < -0.39 is 23.1 Å². The van der Waals surface area contributed by atoms with E-state index in [1.165, 1.54) is 11.0 Å². The maximum atomic E-state index is 14.5. The second kappa shape index (κ2) is 10.2. The monoisotopic (exact) mass is 507 g/mol. The van der Waals surface area contributed by atoms with E-state index in [4.69, 9.17) is 4.74 Å². The Labute approximate surface area is 214 Å². The van der Waals surface area contributed by atoms with E-state index in [0.717, 1.165) is 16.5 Å². The quantitative estimate of drug-likeness (QED) is 0.292. The molecule has 0 radical (unpaired) electrons. The standard InChI is InChI=1S/C28H30FN3O3S/c1-19-11-14-25(24(29)15-19)30-21-12-13-23-20(17-31(5)27(33)35-28(2,3)4)18-32(26(23)16-21)36(34)22-9-7-6-8-10-22/h6-16,18,30H,17H2,1-5H3. The molecular formula is C28H30FN3O3S. The number of rotatable bonds is 6. The van der Waals surface area contributed by atoms with Gasteiger partial charge in [-0.25, -0.2) is 9.18 Å². The van der Waals surface area contributed by atoms with Crippen molar-refractivity contribution in [1.29, 1.82) is 0 Å². The lowest BCUT2D eigenvalue weighted by atomic mass is 10.1. The Morgan fingerprint density at radius 3 is 2.50 bits per heavy atom. The Morgan fingerprint density at radius 1 is 1.11 bits per heavy atom. The fourth-order valence-corrected chi connectivity index (χ4v) is 4.96. The molecule has 1 unspecified atom stereocenters. The number of carbonyl (C=O) groups is 1. The minimum Gasteiger partial charge on any atom is -0.587 e. The highest BCUT2D eigenvalue weighted by Gasteiger charge is 2.24. The second-order valence-corrected chi connectivity index (χ2v) is 11.1. The molecule has 4 rings (SSSR count). The summed E-state index contributed by atoms with van der Waals surface area (Å²) in [5.74, 6) is -0.349.